The molecule has 1 aliphatic rings. The van der Waals surface area contributed by atoms with Crippen molar-refractivity contribution in [2.45, 2.75) is 31.8 Å². The lowest BCUT2D eigenvalue weighted by atomic mass is 10.2. The molecule has 0 spiro atoms. The quantitative estimate of drug-likeness (QED) is 0.735. The fraction of sp³-hybridized carbons (Fsp3) is 0.667. The van der Waals surface area contributed by atoms with E-state index in [1.165, 1.54) is 18.3 Å². The normalized spacial score (nSPS) is 27.7. The number of anilines is 1. The van der Waals surface area contributed by atoms with Gasteiger partial charge in [0.25, 0.3) is 0 Å². The zero-order valence-electron chi connectivity index (χ0n) is 12.6. The summed E-state index contributed by atoms with van der Waals surface area (Å²) in [6.45, 7) is 0.652. The minimum atomic E-state index is -2.85. The molecule has 0 aromatic carbocycles. The highest BCUT2D eigenvalue weighted by atomic mass is 32.5. The van der Waals surface area contributed by atoms with Gasteiger partial charge in [-0.05, 0) is 18.7 Å². The summed E-state index contributed by atoms with van der Waals surface area (Å²) < 4.78 is 17.8. The van der Waals surface area contributed by atoms with Gasteiger partial charge in [-0.2, -0.15) is 4.98 Å². The maximum atomic E-state index is 12.0. The third-order valence-electron chi connectivity index (χ3n) is 3.33. The van der Waals surface area contributed by atoms with Crippen LogP contribution in [0.2, 0.25) is 0 Å². The third-order valence-corrected chi connectivity index (χ3v) is 4.25. The van der Waals surface area contributed by atoms with Crippen molar-refractivity contribution >= 4 is 24.1 Å². The number of nitrogens with two attached hydrogens (primary N) is 1. The summed E-state index contributed by atoms with van der Waals surface area (Å²) in [4.78, 5) is 25.5. The molecule has 124 valence electrons. The van der Waals surface area contributed by atoms with Crippen LogP contribution in [0.1, 0.15) is 18.2 Å². The Kier molecular flexibility index (Phi) is 5.37. The highest BCUT2D eigenvalue weighted by Gasteiger charge is 2.39. The van der Waals surface area contributed by atoms with Gasteiger partial charge in [0, 0.05) is 32.0 Å². The highest BCUT2D eigenvalue weighted by molar-refractivity contribution is 8.09. The summed E-state index contributed by atoms with van der Waals surface area (Å²) in [5, 5.41) is 0. The van der Waals surface area contributed by atoms with Gasteiger partial charge < -0.3 is 24.6 Å². The summed E-state index contributed by atoms with van der Waals surface area (Å²) >= 11 is 4.93. The molecule has 2 rings (SSSR count). The van der Waals surface area contributed by atoms with Gasteiger partial charge in [0.15, 0.2) is 6.49 Å². The van der Waals surface area contributed by atoms with Crippen molar-refractivity contribution in [1.82, 2.24) is 9.55 Å². The zero-order chi connectivity index (χ0) is 16.5. The van der Waals surface area contributed by atoms with E-state index in [2.05, 4.69) is 4.98 Å². The molecule has 1 saturated heterocycles. The number of nitrogens with zero attached hydrogens (tertiary/aromatic N) is 2. The van der Waals surface area contributed by atoms with Crippen LogP contribution >= 0.6 is 6.49 Å². The standard InChI is InChI=1S/C12H20N3O5PS/c1-7-5-15(12(16)14-11(7)13)10-4-8(20-21(3,17)22)9(19-10)6-18-2/h5,8-10H,4,6H2,1-3H3,(H,17,22)(H2,13,14,16)/t8-,9?,10-,21?/m1/s1. The van der Waals surface area contributed by atoms with Crippen LogP contribution < -0.4 is 11.4 Å². The topological polar surface area (TPSA) is 109 Å². The number of rotatable bonds is 5. The largest absolute Gasteiger partial charge is 0.383 e. The maximum absolute atomic E-state index is 12.0. The molecule has 1 aromatic heterocycles. The molecule has 22 heavy (non-hydrogen) atoms. The van der Waals surface area contributed by atoms with E-state index in [-0.39, 0.29) is 12.4 Å². The van der Waals surface area contributed by atoms with Crippen molar-refractivity contribution in [1.29, 1.82) is 0 Å². The zero-order valence-corrected chi connectivity index (χ0v) is 14.3. The first-order valence-corrected chi connectivity index (χ1v) is 9.81. The molecule has 4 atom stereocenters. The molecule has 0 radical (unpaired) electrons. The van der Waals surface area contributed by atoms with Crippen LogP contribution in [0.3, 0.4) is 0 Å². The van der Waals surface area contributed by atoms with Crippen LogP contribution in [-0.4, -0.2) is 47.0 Å². The van der Waals surface area contributed by atoms with E-state index in [0.717, 1.165) is 0 Å². The second-order valence-corrected chi connectivity index (χ2v) is 9.12. The van der Waals surface area contributed by atoms with Crippen LogP contribution in [0.25, 0.3) is 0 Å². The first-order chi connectivity index (χ1) is 10.2. The smallest absolute Gasteiger partial charge is 0.351 e. The van der Waals surface area contributed by atoms with Gasteiger partial charge in [-0.25, -0.2) is 4.79 Å². The molecular formula is C12H20N3O5PS. The van der Waals surface area contributed by atoms with Crippen LogP contribution in [-0.2, 0) is 25.8 Å². The van der Waals surface area contributed by atoms with E-state index in [9.17, 15) is 9.69 Å². The van der Waals surface area contributed by atoms with E-state index in [0.29, 0.717) is 12.0 Å². The molecule has 3 N–H and O–H groups in total. The number of aromatic nitrogens is 2. The van der Waals surface area contributed by atoms with Crippen molar-refractivity contribution in [3.8, 4) is 0 Å². The van der Waals surface area contributed by atoms with Gasteiger partial charge in [0.1, 0.15) is 18.1 Å². The lowest BCUT2D eigenvalue weighted by Gasteiger charge is -2.21. The van der Waals surface area contributed by atoms with Crippen LogP contribution in [0.5, 0.6) is 0 Å². The molecule has 8 nitrogen and oxygen atoms in total. The molecule has 0 aliphatic carbocycles. The summed E-state index contributed by atoms with van der Waals surface area (Å²) in [5.41, 5.74) is 5.81. The number of methoxy groups -OCH3 is 1. The molecule has 10 heteroatoms. The van der Waals surface area contributed by atoms with Crippen LogP contribution in [0.15, 0.2) is 11.0 Å². The fourth-order valence-corrected chi connectivity index (χ4v) is 3.39. The lowest BCUT2D eigenvalue weighted by Crippen LogP contribution is -2.29. The molecule has 2 heterocycles. The van der Waals surface area contributed by atoms with Crippen LogP contribution in [0, 0.1) is 6.92 Å². The van der Waals surface area contributed by atoms with Crippen molar-refractivity contribution in [3.05, 3.63) is 22.2 Å². The Balaban J connectivity index is 2.25. The SMILES string of the molecule is COCC1O[C@@H](n2cc(C)c(N)nc2=O)C[C@H]1OP(C)(O)=S. The van der Waals surface area contributed by atoms with E-state index in [1.54, 1.807) is 13.1 Å². The van der Waals surface area contributed by atoms with E-state index in [4.69, 9.17) is 31.5 Å². The third kappa shape index (κ3) is 4.13. The monoisotopic (exact) mass is 349 g/mol. The first kappa shape index (κ1) is 17.5. The molecular weight excluding hydrogens is 329 g/mol. The Hall–Kier alpha value is -0.830. The fourth-order valence-electron chi connectivity index (χ4n) is 2.33. The summed E-state index contributed by atoms with van der Waals surface area (Å²) in [6, 6.07) is 0. The number of aryl methyl sites for hydroxylation is 1. The summed E-state index contributed by atoms with van der Waals surface area (Å²) in [7, 11) is 1.54. The molecule has 1 aromatic rings. The second-order valence-electron chi connectivity index (χ2n) is 5.27. The summed E-state index contributed by atoms with van der Waals surface area (Å²) in [5.74, 6) is 0.194. The van der Waals surface area contributed by atoms with Gasteiger partial charge in [-0.15, -0.1) is 0 Å². The van der Waals surface area contributed by atoms with Crippen molar-refractivity contribution in [2.24, 2.45) is 0 Å². The highest BCUT2D eigenvalue weighted by Crippen LogP contribution is 2.44. The van der Waals surface area contributed by atoms with Crippen LogP contribution in [0.4, 0.5) is 5.82 Å². The summed E-state index contributed by atoms with van der Waals surface area (Å²) in [6.07, 6.45) is 0.532. The van der Waals surface area contributed by atoms with E-state index in [1.807, 2.05) is 0 Å². The Labute approximate surface area is 133 Å². The minimum absolute atomic E-state index is 0.194. The molecule has 2 unspecified atom stereocenters. The average molecular weight is 349 g/mol. The number of nitrogen functional groups attached to an aromatic ring is 1. The number of hydrogen-bond donors (Lipinski definition) is 2. The van der Waals surface area contributed by atoms with E-state index < -0.39 is 30.6 Å². The molecule has 1 fully saturated rings. The minimum Gasteiger partial charge on any atom is -0.383 e. The van der Waals surface area contributed by atoms with Gasteiger partial charge in [-0.1, -0.05) is 0 Å². The molecule has 1 aliphatic heterocycles. The van der Waals surface area contributed by atoms with Crippen molar-refractivity contribution < 1.29 is 18.9 Å². The molecule has 0 bridgehead atoms. The number of hydrogen-bond acceptors (Lipinski definition) is 7. The predicted molar refractivity (Wildman–Crippen MR) is 85.4 cm³/mol. The molecule has 0 amide bonds. The first-order valence-electron chi connectivity index (χ1n) is 6.69. The maximum Gasteiger partial charge on any atom is 0.351 e. The van der Waals surface area contributed by atoms with Crippen molar-refractivity contribution in [2.75, 3.05) is 26.1 Å². The Bertz CT molecular complexity index is 646. The Morgan fingerprint density at radius 2 is 2.36 bits per heavy atom. The Morgan fingerprint density at radius 3 is 2.95 bits per heavy atom. The number of ether oxygens (including phenoxy) is 2. The predicted octanol–water partition coefficient (Wildman–Crippen LogP) is 0.385. The van der Waals surface area contributed by atoms with Crippen molar-refractivity contribution in [3.63, 3.8) is 0 Å². The van der Waals surface area contributed by atoms with Gasteiger partial charge in [0.05, 0.1) is 12.7 Å². The van der Waals surface area contributed by atoms with Gasteiger partial charge in [-0.3, -0.25) is 4.57 Å². The van der Waals surface area contributed by atoms with Gasteiger partial charge >= 0.3 is 5.69 Å². The lowest BCUT2D eigenvalue weighted by molar-refractivity contribution is -0.0508. The van der Waals surface area contributed by atoms with Gasteiger partial charge in [0.2, 0.25) is 0 Å². The van der Waals surface area contributed by atoms with E-state index >= 15 is 0 Å². The molecule has 0 saturated carbocycles. The Morgan fingerprint density at radius 1 is 1.68 bits per heavy atom. The average Bonchev–Trinajstić information content (AvgIpc) is 2.75. The second kappa shape index (κ2) is 6.74.